The maximum absolute atomic E-state index is 13.5. The molecule has 1 atom stereocenters. The third-order valence-corrected chi connectivity index (χ3v) is 3.23. The van der Waals surface area contributed by atoms with Crippen molar-refractivity contribution >= 4 is 5.69 Å². The Hall–Kier alpha value is -2.23. The summed E-state index contributed by atoms with van der Waals surface area (Å²) in [5, 5.41) is 3.38. The fourth-order valence-corrected chi connectivity index (χ4v) is 2.13. The number of hydrogen-bond donors (Lipinski definition) is 1. The molecule has 0 fully saturated rings. The zero-order chi connectivity index (χ0) is 15.2. The van der Waals surface area contributed by atoms with Gasteiger partial charge < -0.3 is 14.8 Å². The Labute approximate surface area is 124 Å². The van der Waals surface area contributed by atoms with E-state index in [-0.39, 0.29) is 17.6 Å². The van der Waals surface area contributed by atoms with E-state index >= 15 is 0 Å². The van der Waals surface area contributed by atoms with Crippen molar-refractivity contribution in [3.63, 3.8) is 0 Å². The Morgan fingerprint density at radius 3 is 2.62 bits per heavy atom. The first kappa shape index (κ1) is 15.2. The topological polar surface area (TPSA) is 30.5 Å². The van der Waals surface area contributed by atoms with Crippen LogP contribution < -0.4 is 14.8 Å². The van der Waals surface area contributed by atoms with Crippen LogP contribution in [0.1, 0.15) is 25.5 Å². The highest BCUT2D eigenvalue weighted by atomic mass is 19.1. The summed E-state index contributed by atoms with van der Waals surface area (Å²) in [7, 11) is 1.46. The van der Waals surface area contributed by atoms with E-state index in [1.807, 2.05) is 38.1 Å². The number of anilines is 1. The van der Waals surface area contributed by atoms with Gasteiger partial charge in [0, 0.05) is 6.04 Å². The van der Waals surface area contributed by atoms with Gasteiger partial charge in [-0.3, -0.25) is 0 Å². The van der Waals surface area contributed by atoms with Gasteiger partial charge in [-0.15, -0.1) is 0 Å². The highest BCUT2D eigenvalue weighted by Crippen LogP contribution is 2.29. The number of rotatable bonds is 6. The molecule has 4 heteroatoms. The molecule has 0 spiro atoms. The lowest BCUT2D eigenvalue weighted by molar-refractivity contribution is 0.341. The fourth-order valence-electron chi connectivity index (χ4n) is 2.13. The largest absolute Gasteiger partial charge is 0.494 e. The minimum atomic E-state index is -0.358. The molecule has 112 valence electrons. The van der Waals surface area contributed by atoms with Crippen LogP contribution in [-0.2, 0) is 0 Å². The number of methoxy groups -OCH3 is 1. The summed E-state index contributed by atoms with van der Waals surface area (Å²) in [4.78, 5) is 0. The van der Waals surface area contributed by atoms with Gasteiger partial charge in [0.05, 0.1) is 19.4 Å². The molecule has 2 aromatic rings. The summed E-state index contributed by atoms with van der Waals surface area (Å²) in [5.41, 5.74) is 1.86. The Kier molecular flexibility index (Phi) is 5.04. The van der Waals surface area contributed by atoms with E-state index < -0.39 is 0 Å². The van der Waals surface area contributed by atoms with Crippen molar-refractivity contribution in [3.05, 3.63) is 53.8 Å². The van der Waals surface area contributed by atoms with Crippen LogP contribution in [0.3, 0.4) is 0 Å². The van der Waals surface area contributed by atoms with Gasteiger partial charge in [0.25, 0.3) is 0 Å². The third kappa shape index (κ3) is 3.66. The monoisotopic (exact) mass is 289 g/mol. The van der Waals surface area contributed by atoms with Crippen molar-refractivity contribution in [3.8, 4) is 11.5 Å². The molecule has 2 rings (SSSR count). The predicted octanol–water partition coefficient (Wildman–Crippen LogP) is 4.41. The molecule has 0 aliphatic rings. The quantitative estimate of drug-likeness (QED) is 0.854. The molecule has 0 aliphatic heterocycles. The molecule has 1 N–H and O–H groups in total. The predicted molar refractivity (Wildman–Crippen MR) is 82.6 cm³/mol. The molecule has 0 bridgehead atoms. The molecular weight excluding hydrogens is 269 g/mol. The zero-order valence-corrected chi connectivity index (χ0v) is 12.5. The van der Waals surface area contributed by atoms with Crippen LogP contribution in [-0.4, -0.2) is 13.7 Å². The smallest absolute Gasteiger partial charge is 0.165 e. The summed E-state index contributed by atoms with van der Waals surface area (Å²) in [6, 6.07) is 12.6. The maximum Gasteiger partial charge on any atom is 0.165 e. The van der Waals surface area contributed by atoms with Crippen LogP contribution in [0.25, 0.3) is 0 Å². The third-order valence-electron chi connectivity index (χ3n) is 3.23. The molecule has 0 aromatic heterocycles. The van der Waals surface area contributed by atoms with Crippen molar-refractivity contribution < 1.29 is 13.9 Å². The van der Waals surface area contributed by atoms with Crippen LogP contribution in [0, 0.1) is 5.82 Å². The normalized spacial score (nSPS) is 11.8. The van der Waals surface area contributed by atoms with E-state index in [1.54, 1.807) is 12.1 Å². The van der Waals surface area contributed by atoms with Crippen LogP contribution in [0.2, 0.25) is 0 Å². The summed E-state index contributed by atoms with van der Waals surface area (Å²) < 4.78 is 24.1. The highest BCUT2D eigenvalue weighted by Gasteiger charge is 2.11. The summed E-state index contributed by atoms with van der Waals surface area (Å²) >= 11 is 0. The second kappa shape index (κ2) is 6.97. The number of benzene rings is 2. The molecule has 0 aliphatic carbocycles. The first-order chi connectivity index (χ1) is 10.2. The second-order valence-corrected chi connectivity index (χ2v) is 4.69. The summed E-state index contributed by atoms with van der Waals surface area (Å²) in [6.07, 6.45) is 0. The fraction of sp³-hybridized carbons (Fsp3) is 0.294. The number of nitrogens with one attached hydrogen (secondary N) is 1. The van der Waals surface area contributed by atoms with E-state index in [1.165, 1.54) is 13.2 Å². The summed E-state index contributed by atoms with van der Waals surface area (Å²) in [5.74, 6) is 0.698. The van der Waals surface area contributed by atoms with Gasteiger partial charge in [-0.25, -0.2) is 4.39 Å². The van der Waals surface area contributed by atoms with Crippen LogP contribution in [0.5, 0.6) is 11.5 Å². The van der Waals surface area contributed by atoms with Gasteiger partial charge in [0.2, 0.25) is 0 Å². The molecule has 1 unspecified atom stereocenters. The van der Waals surface area contributed by atoms with Gasteiger partial charge in [-0.2, -0.15) is 0 Å². The van der Waals surface area contributed by atoms with Crippen molar-refractivity contribution in [2.75, 3.05) is 19.0 Å². The number of halogens is 1. The molecule has 0 radical (unpaired) electrons. The van der Waals surface area contributed by atoms with Gasteiger partial charge >= 0.3 is 0 Å². The zero-order valence-electron chi connectivity index (χ0n) is 12.5. The lowest BCUT2D eigenvalue weighted by Gasteiger charge is -2.19. The highest BCUT2D eigenvalue weighted by molar-refractivity contribution is 5.57. The number of ether oxygens (including phenoxy) is 2. The van der Waals surface area contributed by atoms with Crippen molar-refractivity contribution in [1.82, 2.24) is 0 Å². The number of para-hydroxylation sites is 2. The van der Waals surface area contributed by atoms with Crippen molar-refractivity contribution in [2.45, 2.75) is 19.9 Å². The molecule has 0 saturated heterocycles. The molecule has 2 aromatic carbocycles. The SMILES string of the molecule is CCOc1ccccc1NC(C)c1ccc(F)c(OC)c1. The van der Waals surface area contributed by atoms with E-state index in [9.17, 15) is 4.39 Å². The van der Waals surface area contributed by atoms with Crippen molar-refractivity contribution in [2.24, 2.45) is 0 Å². The molecule has 0 saturated carbocycles. The standard InChI is InChI=1S/C17H20FNO2/c1-4-21-16-8-6-5-7-15(16)19-12(2)13-9-10-14(18)17(11-13)20-3/h5-12,19H,4H2,1-3H3. The Morgan fingerprint density at radius 2 is 1.90 bits per heavy atom. The lowest BCUT2D eigenvalue weighted by atomic mass is 10.1. The first-order valence-electron chi connectivity index (χ1n) is 6.97. The first-order valence-corrected chi connectivity index (χ1v) is 6.97. The molecule has 0 amide bonds. The Bertz CT molecular complexity index is 601. The molecule has 21 heavy (non-hydrogen) atoms. The second-order valence-electron chi connectivity index (χ2n) is 4.69. The van der Waals surface area contributed by atoms with E-state index in [0.29, 0.717) is 6.61 Å². The minimum absolute atomic E-state index is 0.00102. The van der Waals surface area contributed by atoms with Crippen molar-refractivity contribution in [1.29, 1.82) is 0 Å². The Balaban J connectivity index is 2.20. The van der Waals surface area contributed by atoms with Gasteiger partial charge in [-0.1, -0.05) is 18.2 Å². The lowest BCUT2D eigenvalue weighted by Crippen LogP contribution is -2.08. The van der Waals surface area contributed by atoms with E-state index in [4.69, 9.17) is 9.47 Å². The van der Waals surface area contributed by atoms with Gasteiger partial charge in [-0.05, 0) is 43.7 Å². The average Bonchev–Trinajstić information content (AvgIpc) is 2.50. The van der Waals surface area contributed by atoms with E-state index in [2.05, 4.69) is 5.32 Å². The van der Waals surface area contributed by atoms with Crippen LogP contribution >= 0.6 is 0 Å². The molecule has 3 nitrogen and oxygen atoms in total. The Morgan fingerprint density at radius 1 is 1.14 bits per heavy atom. The van der Waals surface area contributed by atoms with E-state index in [0.717, 1.165) is 17.0 Å². The van der Waals surface area contributed by atoms with Crippen LogP contribution in [0.4, 0.5) is 10.1 Å². The average molecular weight is 289 g/mol. The molecular formula is C17H20FNO2. The maximum atomic E-state index is 13.5. The molecule has 0 heterocycles. The number of hydrogen-bond acceptors (Lipinski definition) is 3. The van der Waals surface area contributed by atoms with Gasteiger partial charge in [0.1, 0.15) is 5.75 Å². The summed E-state index contributed by atoms with van der Waals surface area (Å²) in [6.45, 7) is 4.57. The van der Waals surface area contributed by atoms with Crippen LogP contribution in [0.15, 0.2) is 42.5 Å². The minimum Gasteiger partial charge on any atom is -0.494 e. The van der Waals surface area contributed by atoms with Gasteiger partial charge in [0.15, 0.2) is 11.6 Å².